The molecule has 0 spiro atoms. The Morgan fingerprint density at radius 3 is 2.86 bits per heavy atom. The zero-order chi connectivity index (χ0) is 15.4. The van der Waals surface area contributed by atoms with E-state index in [1.165, 1.54) is 4.90 Å². The Bertz CT molecular complexity index is 554. The first kappa shape index (κ1) is 15.1. The van der Waals surface area contributed by atoms with Crippen LogP contribution in [0.2, 0.25) is 0 Å². The van der Waals surface area contributed by atoms with E-state index in [1.807, 2.05) is 32.0 Å². The average Bonchev–Trinajstić information content (AvgIpc) is 2.47. The Morgan fingerprint density at radius 1 is 1.48 bits per heavy atom. The molecular formula is C16H20N2O3. The third-order valence-corrected chi connectivity index (χ3v) is 3.27. The van der Waals surface area contributed by atoms with Gasteiger partial charge in [-0.25, -0.2) is 0 Å². The van der Waals surface area contributed by atoms with E-state index in [1.54, 1.807) is 12.1 Å². The molecule has 0 aliphatic carbocycles. The summed E-state index contributed by atoms with van der Waals surface area (Å²) in [5.41, 5.74) is 0.633. The summed E-state index contributed by atoms with van der Waals surface area (Å²) in [6.07, 6.45) is 1.04. The van der Waals surface area contributed by atoms with Crippen molar-refractivity contribution in [3.8, 4) is 5.75 Å². The Hall–Kier alpha value is -2.30. The molecule has 1 atom stereocenters. The van der Waals surface area contributed by atoms with Crippen molar-refractivity contribution in [2.45, 2.75) is 20.0 Å². The number of para-hydroxylation sites is 2. The first-order valence-corrected chi connectivity index (χ1v) is 6.99. The van der Waals surface area contributed by atoms with Crippen LogP contribution in [0.1, 0.15) is 13.8 Å². The van der Waals surface area contributed by atoms with E-state index < -0.39 is 6.10 Å². The number of ether oxygens (including phenoxy) is 1. The van der Waals surface area contributed by atoms with Crippen LogP contribution in [0.5, 0.6) is 5.75 Å². The van der Waals surface area contributed by atoms with E-state index in [4.69, 9.17) is 4.74 Å². The van der Waals surface area contributed by atoms with Crippen molar-refractivity contribution < 1.29 is 14.3 Å². The van der Waals surface area contributed by atoms with E-state index in [9.17, 15) is 9.59 Å². The summed E-state index contributed by atoms with van der Waals surface area (Å²) in [4.78, 5) is 25.9. The molecule has 1 aliphatic heterocycles. The zero-order valence-corrected chi connectivity index (χ0v) is 12.3. The molecule has 0 radical (unpaired) electrons. The molecule has 1 aromatic rings. The van der Waals surface area contributed by atoms with Gasteiger partial charge in [-0.15, -0.1) is 6.58 Å². The molecule has 2 amide bonds. The van der Waals surface area contributed by atoms with Crippen LogP contribution >= 0.6 is 0 Å². The minimum atomic E-state index is -0.563. The van der Waals surface area contributed by atoms with E-state index in [2.05, 4.69) is 11.9 Å². The van der Waals surface area contributed by atoms with Crippen LogP contribution in [0, 0.1) is 5.92 Å². The minimum absolute atomic E-state index is 0.0176. The van der Waals surface area contributed by atoms with Gasteiger partial charge in [0.1, 0.15) is 12.3 Å². The van der Waals surface area contributed by atoms with Gasteiger partial charge < -0.3 is 10.1 Å². The van der Waals surface area contributed by atoms with Crippen LogP contribution in [0.3, 0.4) is 0 Å². The molecule has 0 fully saturated rings. The Balaban J connectivity index is 2.26. The molecule has 0 unspecified atom stereocenters. The quantitative estimate of drug-likeness (QED) is 0.840. The van der Waals surface area contributed by atoms with E-state index >= 15 is 0 Å². The number of rotatable bonds is 5. The highest BCUT2D eigenvalue weighted by Gasteiger charge is 2.36. The van der Waals surface area contributed by atoms with Gasteiger partial charge in [0.25, 0.3) is 5.91 Å². The van der Waals surface area contributed by atoms with Crippen LogP contribution in [0.15, 0.2) is 36.9 Å². The van der Waals surface area contributed by atoms with Crippen LogP contribution in [-0.4, -0.2) is 31.0 Å². The number of fused-ring (bicyclic) bond motifs is 1. The van der Waals surface area contributed by atoms with Crippen LogP contribution in [0.25, 0.3) is 0 Å². The van der Waals surface area contributed by atoms with Gasteiger partial charge in [-0.3, -0.25) is 14.5 Å². The van der Waals surface area contributed by atoms with Crippen molar-refractivity contribution >= 4 is 17.5 Å². The van der Waals surface area contributed by atoms with Gasteiger partial charge in [0.05, 0.1) is 5.69 Å². The number of nitrogens with one attached hydrogen (secondary N) is 1. The monoisotopic (exact) mass is 288 g/mol. The van der Waals surface area contributed by atoms with Gasteiger partial charge in [-0.2, -0.15) is 0 Å². The molecule has 0 saturated carbocycles. The third kappa shape index (κ3) is 3.24. The summed E-state index contributed by atoms with van der Waals surface area (Å²) < 4.78 is 5.76. The van der Waals surface area contributed by atoms with Crippen molar-refractivity contribution in [1.29, 1.82) is 0 Å². The molecule has 21 heavy (non-hydrogen) atoms. The molecular weight excluding hydrogens is 268 g/mol. The predicted molar refractivity (Wildman–Crippen MR) is 81.3 cm³/mol. The first-order chi connectivity index (χ1) is 10.0. The van der Waals surface area contributed by atoms with Crippen LogP contribution in [0.4, 0.5) is 5.69 Å². The summed E-state index contributed by atoms with van der Waals surface area (Å²) in [6.45, 7) is 7.76. The number of benzene rings is 1. The molecule has 1 heterocycles. The standard InChI is InChI=1S/C16H20N2O3/c1-4-9-17-14(19)10-18-12-7-5-6-8-13(12)21-15(11(2)3)16(18)20/h4-8,11,15H,1,9-10H2,2-3H3,(H,17,19)/t15-/m0/s1. The molecule has 0 aromatic heterocycles. The second kappa shape index (κ2) is 6.43. The summed E-state index contributed by atoms with van der Waals surface area (Å²) in [5.74, 6) is 0.261. The molecule has 112 valence electrons. The highest BCUT2D eigenvalue weighted by Crippen LogP contribution is 2.35. The molecule has 0 bridgehead atoms. The largest absolute Gasteiger partial charge is 0.478 e. The van der Waals surface area contributed by atoms with Crippen molar-refractivity contribution in [3.63, 3.8) is 0 Å². The van der Waals surface area contributed by atoms with Crippen molar-refractivity contribution in [2.24, 2.45) is 5.92 Å². The summed E-state index contributed by atoms with van der Waals surface area (Å²) >= 11 is 0. The second-order valence-corrected chi connectivity index (χ2v) is 5.27. The maximum Gasteiger partial charge on any atom is 0.268 e. The summed E-state index contributed by atoms with van der Waals surface area (Å²) in [7, 11) is 0. The molecule has 5 heteroatoms. The zero-order valence-electron chi connectivity index (χ0n) is 12.3. The minimum Gasteiger partial charge on any atom is -0.478 e. The van der Waals surface area contributed by atoms with Crippen molar-refractivity contribution in [1.82, 2.24) is 5.32 Å². The Kier molecular flexibility index (Phi) is 4.62. The molecule has 1 aromatic carbocycles. The molecule has 0 saturated heterocycles. The maximum absolute atomic E-state index is 12.5. The van der Waals surface area contributed by atoms with Crippen LogP contribution < -0.4 is 15.0 Å². The maximum atomic E-state index is 12.5. The fraction of sp³-hybridized carbons (Fsp3) is 0.375. The number of hydrogen-bond acceptors (Lipinski definition) is 3. The second-order valence-electron chi connectivity index (χ2n) is 5.27. The number of nitrogens with zero attached hydrogens (tertiary/aromatic N) is 1. The van der Waals surface area contributed by atoms with Gasteiger partial charge in [0, 0.05) is 6.54 Å². The van der Waals surface area contributed by atoms with Crippen molar-refractivity contribution in [3.05, 3.63) is 36.9 Å². The lowest BCUT2D eigenvalue weighted by atomic mass is 10.0. The number of carbonyl (C=O) groups excluding carboxylic acids is 2. The molecule has 5 nitrogen and oxygen atoms in total. The lowest BCUT2D eigenvalue weighted by Crippen LogP contribution is -2.51. The van der Waals surface area contributed by atoms with Crippen LogP contribution in [-0.2, 0) is 9.59 Å². The molecule has 2 rings (SSSR count). The predicted octanol–water partition coefficient (Wildman–Crippen LogP) is 1.74. The normalized spacial score (nSPS) is 17.2. The van der Waals surface area contributed by atoms with Gasteiger partial charge in [-0.1, -0.05) is 32.1 Å². The smallest absolute Gasteiger partial charge is 0.268 e. The number of anilines is 1. The molecule has 1 N–H and O–H groups in total. The number of carbonyl (C=O) groups is 2. The Morgan fingerprint density at radius 2 is 2.19 bits per heavy atom. The third-order valence-electron chi connectivity index (χ3n) is 3.27. The highest BCUT2D eigenvalue weighted by atomic mass is 16.5. The number of hydrogen-bond donors (Lipinski definition) is 1. The summed E-state index contributed by atoms with van der Waals surface area (Å²) in [6, 6.07) is 7.26. The van der Waals surface area contributed by atoms with E-state index in [0.717, 1.165) is 0 Å². The topological polar surface area (TPSA) is 58.6 Å². The van der Waals surface area contributed by atoms with Gasteiger partial charge in [-0.05, 0) is 18.1 Å². The molecule has 1 aliphatic rings. The average molecular weight is 288 g/mol. The van der Waals surface area contributed by atoms with E-state index in [-0.39, 0.29) is 24.3 Å². The first-order valence-electron chi connectivity index (χ1n) is 6.99. The van der Waals surface area contributed by atoms with Gasteiger partial charge in [0.15, 0.2) is 6.10 Å². The van der Waals surface area contributed by atoms with Crippen molar-refractivity contribution in [2.75, 3.05) is 18.0 Å². The number of amides is 2. The highest BCUT2D eigenvalue weighted by molar-refractivity contribution is 6.03. The SMILES string of the molecule is C=CCNC(=O)CN1C(=O)[C@H](C(C)C)Oc2ccccc21. The fourth-order valence-electron chi connectivity index (χ4n) is 2.21. The Labute approximate surface area is 124 Å². The lowest BCUT2D eigenvalue weighted by molar-refractivity contribution is -0.130. The van der Waals surface area contributed by atoms with E-state index in [0.29, 0.717) is 18.0 Å². The lowest BCUT2D eigenvalue weighted by Gasteiger charge is -2.35. The van der Waals surface area contributed by atoms with Gasteiger partial charge >= 0.3 is 0 Å². The summed E-state index contributed by atoms with van der Waals surface area (Å²) in [5, 5.41) is 2.68. The fourth-order valence-corrected chi connectivity index (χ4v) is 2.21. The van der Waals surface area contributed by atoms with Gasteiger partial charge in [0.2, 0.25) is 5.91 Å².